The van der Waals surface area contributed by atoms with Crippen molar-refractivity contribution >= 4 is 17.3 Å². The van der Waals surface area contributed by atoms with E-state index in [-0.39, 0.29) is 16.5 Å². The third kappa shape index (κ3) is 4.12. The van der Waals surface area contributed by atoms with Gasteiger partial charge in [0.05, 0.1) is 11.0 Å². The average molecular weight is 388 g/mol. The van der Waals surface area contributed by atoms with Crippen LogP contribution < -0.4 is 4.90 Å². The summed E-state index contributed by atoms with van der Waals surface area (Å²) in [4.78, 5) is 30.3. The van der Waals surface area contributed by atoms with Crippen LogP contribution >= 0.6 is 0 Å². The fourth-order valence-electron chi connectivity index (χ4n) is 4.42. The summed E-state index contributed by atoms with van der Waals surface area (Å²) < 4.78 is 5.70. The molecular weight excluding hydrogens is 360 g/mol. The zero-order valence-corrected chi connectivity index (χ0v) is 16.2. The second-order valence-electron chi connectivity index (χ2n) is 7.88. The highest BCUT2D eigenvalue weighted by Gasteiger charge is 2.28. The minimum absolute atomic E-state index is 0.0322. The van der Waals surface area contributed by atoms with Crippen LogP contribution in [-0.4, -0.2) is 79.2 Å². The van der Waals surface area contributed by atoms with Gasteiger partial charge in [0.15, 0.2) is 0 Å². The van der Waals surface area contributed by atoms with E-state index in [0.29, 0.717) is 30.4 Å². The number of hydrogen-bond donors (Lipinski definition) is 0. The lowest BCUT2D eigenvalue weighted by Crippen LogP contribution is -2.50. The van der Waals surface area contributed by atoms with Crippen molar-refractivity contribution in [1.82, 2.24) is 9.80 Å². The van der Waals surface area contributed by atoms with Crippen molar-refractivity contribution in [3.8, 4) is 0 Å². The summed E-state index contributed by atoms with van der Waals surface area (Å²) in [5, 5.41) is 11.6. The molecule has 1 aromatic rings. The quantitative estimate of drug-likeness (QED) is 0.568. The standard InChI is InChI=1S/C20H28N4O4/c25-20(23-11-9-21(10-12-23)15-17-4-3-13-28-17)16-5-6-18(19(14-16)24(26)27)22-7-1-2-8-22/h5-6,14,17H,1-4,7-13,15H2. The topological polar surface area (TPSA) is 79.2 Å². The van der Waals surface area contributed by atoms with Crippen LogP contribution in [-0.2, 0) is 4.74 Å². The summed E-state index contributed by atoms with van der Waals surface area (Å²) in [6.07, 6.45) is 4.67. The number of rotatable bonds is 5. The Bertz CT molecular complexity index is 721. The summed E-state index contributed by atoms with van der Waals surface area (Å²) in [7, 11) is 0. The second-order valence-corrected chi connectivity index (χ2v) is 7.88. The van der Waals surface area contributed by atoms with Gasteiger partial charge in [-0.2, -0.15) is 0 Å². The molecule has 28 heavy (non-hydrogen) atoms. The molecule has 8 nitrogen and oxygen atoms in total. The van der Waals surface area contributed by atoms with Crippen molar-refractivity contribution in [2.75, 3.05) is 57.3 Å². The lowest BCUT2D eigenvalue weighted by Gasteiger charge is -2.35. The van der Waals surface area contributed by atoms with Gasteiger partial charge in [0, 0.05) is 64.0 Å². The molecule has 0 N–H and O–H groups in total. The molecule has 0 aliphatic carbocycles. The van der Waals surface area contributed by atoms with Crippen LogP contribution in [0, 0.1) is 10.1 Å². The zero-order valence-electron chi connectivity index (χ0n) is 16.2. The number of nitrogens with zero attached hydrogens (tertiary/aromatic N) is 4. The van der Waals surface area contributed by atoms with Gasteiger partial charge in [-0.05, 0) is 37.8 Å². The number of carbonyl (C=O) groups excluding carboxylic acids is 1. The van der Waals surface area contributed by atoms with E-state index in [1.165, 1.54) is 6.07 Å². The van der Waals surface area contributed by atoms with Gasteiger partial charge < -0.3 is 14.5 Å². The molecule has 3 saturated heterocycles. The van der Waals surface area contributed by atoms with Crippen molar-refractivity contribution in [2.45, 2.75) is 31.8 Å². The number of carbonyl (C=O) groups is 1. The molecule has 0 radical (unpaired) electrons. The van der Waals surface area contributed by atoms with E-state index in [2.05, 4.69) is 4.90 Å². The highest BCUT2D eigenvalue weighted by molar-refractivity contribution is 5.96. The minimum atomic E-state index is -0.371. The minimum Gasteiger partial charge on any atom is -0.377 e. The van der Waals surface area contributed by atoms with E-state index in [1.807, 2.05) is 4.90 Å². The molecule has 1 atom stereocenters. The molecule has 1 aromatic carbocycles. The first-order valence-corrected chi connectivity index (χ1v) is 10.3. The van der Waals surface area contributed by atoms with Gasteiger partial charge >= 0.3 is 0 Å². The number of nitro benzene ring substituents is 1. The maximum atomic E-state index is 12.9. The van der Waals surface area contributed by atoms with Gasteiger partial charge in [-0.3, -0.25) is 19.8 Å². The molecule has 8 heteroatoms. The van der Waals surface area contributed by atoms with Gasteiger partial charge in [-0.1, -0.05) is 0 Å². The monoisotopic (exact) mass is 388 g/mol. The number of benzene rings is 1. The maximum absolute atomic E-state index is 12.9. The molecule has 152 valence electrons. The molecule has 0 bridgehead atoms. The predicted octanol–water partition coefficient (Wildman–Crippen LogP) is 2.13. The van der Waals surface area contributed by atoms with Crippen molar-refractivity contribution in [3.63, 3.8) is 0 Å². The Labute approximate surface area is 165 Å². The fourth-order valence-corrected chi connectivity index (χ4v) is 4.42. The van der Waals surface area contributed by atoms with Crippen LogP contribution in [0.15, 0.2) is 18.2 Å². The van der Waals surface area contributed by atoms with Crippen LogP contribution in [0.2, 0.25) is 0 Å². The van der Waals surface area contributed by atoms with Gasteiger partial charge in [0.25, 0.3) is 11.6 Å². The molecule has 1 amide bonds. The largest absolute Gasteiger partial charge is 0.377 e. The number of amides is 1. The number of anilines is 1. The molecule has 1 unspecified atom stereocenters. The molecule has 0 spiro atoms. The SMILES string of the molecule is O=C(c1ccc(N2CCCC2)c([N+](=O)[O-])c1)N1CCN(CC2CCCO2)CC1. The van der Waals surface area contributed by atoms with Crippen LogP contribution in [0.25, 0.3) is 0 Å². The van der Waals surface area contributed by atoms with Crippen LogP contribution in [0.4, 0.5) is 11.4 Å². The van der Waals surface area contributed by atoms with Gasteiger partial charge in [-0.15, -0.1) is 0 Å². The van der Waals surface area contributed by atoms with E-state index in [4.69, 9.17) is 4.74 Å². The van der Waals surface area contributed by atoms with Gasteiger partial charge in [0.2, 0.25) is 0 Å². The lowest BCUT2D eigenvalue weighted by molar-refractivity contribution is -0.384. The van der Waals surface area contributed by atoms with E-state index in [9.17, 15) is 14.9 Å². The van der Waals surface area contributed by atoms with Gasteiger partial charge in [-0.25, -0.2) is 0 Å². The van der Waals surface area contributed by atoms with E-state index in [0.717, 1.165) is 65.0 Å². The third-order valence-corrected chi connectivity index (χ3v) is 6.01. The first kappa shape index (κ1) is 19.1. The Balaban J connectivity index is 1.40. The highest BCUT2D eigenvalue weighted by atomic mass is 16.6. The Morgan fingerprint density at radius 2 is 1.86 bits per heavy atom. The number of ether oxygens (including phenoxy) is 1. The number of nitro groups is 1. The molecule has 3 fully saturated rings. The summed E-state index contributed by atoms with van der Waals surface area (Å²) in [5.74, 6) is -0.118. The summed E-state index contributed by atoms with van der Waals surface area (Å²) >= 11 is 0. The normalized spacial score (nSPS) is 23.4. The van der Waals surface area contributed by atoms with Crippen LogP contribution in [0.5, 0.6) is 0 Å². The molecule has 3 heterocycles. The molecule has 3 aliphatic heterocycles. The van der Waals surface area contributed by atoms with Crippen LogP contribution in [0.1, 0.15) is 36.0 Å². The number of hydrogen-bond acceptors (Lipinski definition) is 6. The van der Waals surface area contributed by atoms with Crippen molar-refractivity contribution in [2.24, 2.45) is 0 Å². The Morgan fingerprint density at radius 3 is 2.50 bits per heavy atom. The molecule has 4 rings (SSSR count). The maximum Gasteiger partial charge on any atom is 0.293 e. The van der Waals surface area contributed by atoms with E-state index in [1.54, 1.807) is 17.0 Å². The molecule has 0 aromatic heterocycles. The van der Waals surface area contributed by atoms with Crippen molar-refractivity contribution in [1.29, 1.82) is 0 Å². The van der Waals surface area contributed by atoms with Crippen molar-refractivity contribution < 1.29 is 14.5 Å². The summed E-state index contributed by atoms with van der Waals surface area (Å²) in [5.41, 5.74) is 1.06. The molecular formula is C20H28N4O4. The molecule has 0 saturated carbocycles. The fraction of sp³-hybridized carbons (Fsp3) is 0.650. The molecule has 3 aliphatic rings. The summed E-state index contributed by atoms with van der Waals surface area (Å²) in [6.45, 7) is 6.38. The van der Waals surface area contributed by atoms with E-state index < -0.39 is 0 Å². The first-order valence-electron chi connectivity index (χ1n) is 10.3. The summed E-state index contributed by atoms with van der Waals surface area (Å²) in [6, 6.07) is 4.93. The van der Waals surface area contributed by atoms with Gasteiger partial charge in [0.1, 0.15) is 5.69 Å². The second kappa shape index (κ2) is 8.45. The Hall–Kier alpha value is -2.19. The zero-order chi connectivity index (χ0) is 19.5. The van der Waals surface area contributed by atoms with E-state index >= 15 is 0 Å². The average Bonchev–Trinajstić information content (AvgIpc) is 3.42. The third-order valence-electron chi connectivity index (χ3n) is 6.01. The number of piperazine rings is 1. The van der Waals surface area contributed by atoms with Crippen LogP contribution in [0.3, 0.4) is 0 Å². The lowest BCUT2D eigenvalue weighted by atomic mass is 10.1. The first-order chi connectivity index (χ1) is 13.6. The predicted molar refractivity (Wildman–Crippen MR) is 106 cm³/mol. The Morgan fingerprint density at radius 1 is 1.11 bits per heavy atom. The van der Waals surface area contributed by atoms with Crippen molar-refractivity contribution in [3.05, 3.63) is 33.9 Å². The Kier molecular flexibility index (Phi) is 5.77. The highest BCUT2D eigenvalue weighted by Crippen LogP contribution is 2.32. The smallest absolute Gasteiger partial charge is 0.293 e.